The standard InChI is InChI=1S/C20H26N2O4S/c1-4-17-7-11-20(12-8-17)27(24,25)21-13-14-22(16(2)23)15-18-5-9-19(26-3)10-6-18/h5-12,21H,4,13-15H2,1-3H3. The molecule has 0 aliphatic rings. The SMILES string of the molecule is CCc1ccc(S(=O)(=O)NCCN(Cc2ccc(OC)cc2)C(C)=O)cc1. The Morgan fingerprint density at radius 2 is 1.63 bits per heavy atom. The average molecular weight is 391 g/mol. The van der Waals surface area contributed by atoms with Crippen LogP contribution in [0.3, 0.4) is 0 Å². The van der Waals surface area contributed by atoms with Gasteiger partial charge >= 0.3 is 0 Å². The van der Waals surface area contributed by atoms with Crippen molar-refractivity contribution in [3.8, 4) is 5.75 Å². The number of hydrogen-bond donors (Lipinski definition) is 1. The van der Waals surface area contributed by atoms with Gasteiger partial charge in [-0.1, -0.05) is 31.2 Å². The van der Waals surface area contributed by atoms with Gasteiger partial charge in [0.2, 0.25) is 15.9 Å². The fourth-order valence-electron chi connectivity index (χ4n) is 2.60. The van der Waals surface area contributed by atoms with Gasteiger partial charge in [0.15, 0.2) is 0 Å². The van der Waals surface area contributed by atoms with Crippen LogP contribution < -0.4 is 9.46 Å². The first-order chi connectivity index (χ1) is 12.9. The summed E-state index contributed by atoms with van der Waals surface area (Å²) in [6.07, 6.45) is 0.854. The number of ether oxygens (including phenoxy) is 1. The number of aryl methyl sites for hydroxylation is 1. The summed E-state index contributed by atoms with van der Waals surface area (Å²) in [4.78, 5) is 13.7. The molecule has 0 saturated carbocycles. The smallest absolute Gasteiger partial charge is 0.240 e. The van der Waals surface area contributed by atoms with Gasteiger partial charge in [0.25, 0.3) is 0 Å². The van der Waals surface area contributed by atoms with Crippen LogP contribution in [-0.2, 0) is 27.8 Å². The topological polar surface area (TPSA) is 75.7 Å². The number of hydrogen-bond acceptors (Lipinski definition) is 4. The predicted octanol–water partition coefficient (Wildman–Crippen LogP) is 2.58. The zero-order valence-electron chi connectivity index (χ0n) is 15.9. The van der Waals surface area contributed by atoms with Gasteiger partial charge in [-0.05, 0) is 41.8 Å². The molecular formula is C20H26N2O4S. The Hall–Kier alpha value is -2.38. The van der Waals surface area contributed by atoms with Gasteiger partial charge in [-0.3, -0.25) is 4.79 Å². The minimum Gasteiger partial charge on any atom is -0.497 e. The zero-order valence-corrected chi connectivity index (χ0v) is 16.8. The molecule has 1 N–H and O–H groups in total. The van der Waals surface area contributed by atoms with Crippen molar-refractivity contribution in [2.75, 3.05) is 20.2 Å². The van der Waals surface area contributed by atoms with E-state index in [4.69, 9.17) is 4.74 Å². The van der Waals surface area contributed by atoms with Crippen molar-refractivity contribution in [2.45, 2.75) is 31.7 Å². The van der Waals surface area contributed by atoms with Crippen molar-refractivity contribution >= 4 is 15.9 Å². The summed E-state index contributed by atoms with van der Waals surface area (Å²) in [5.74, 6) is 0.632. The molecule has 0 radical (unpaired) electrons. The second-order valence-electron chi connectivity index (χ2n) is 6.18. The van der Waals surface area contributed by atoms with Gasteiger partial charge in [-0.2, -0.15) is 0 Å². The molecular weight excluding hydrogens is 364 g/mol. The number of benzene rings is 2. The Labute approximate surface area is 161 Å². The van der Waals surface area contributed by atoms with Crippen LogP contribution in [-0.4, -0.2) is 39.4 Å². The second kappa shape index (κ2) is 9.53. The van der Waals surface area contributed by atoms with E-state index >= 15 is 0 Å². The highest BCUT2D eigenvalue weighted by molar-refractivity contribution is 7.89. The van der Waals surface area contributed by atoms with Crippen molar-refractivity contribution in [3.63, 3.8) is 0 Å². The number of methoxy groups -OCH3 is 1. The number of sulfonamides is 1. The van der Waals surface area contributed by atoms with E-state index in [1.807, 2.05) is 31.2 Å². The van der Waals surface area contributed by atoms with Crippen molar-refractivity contribution in [1.29, 1.82) is 0 Å². The van der Waals surface area contributed by atoms with E-state index in [0.29, 0.717) is 6.54 Å². The van der Waals surface area contributed by atoms with Crippen LogP contribution in [0.4, 0.5) is 0 Å². The van der Waals surface area contributed by atoms with Crippen molar-refractivity contribution in [3.05, 3.63) is 59.7 Å². The largest absolute Gasteiger partial charge is 0.497 e. The summed E-state index contributed by atoms with van der Waals surface area (Å²) in [6.45, 7) is 4.33. The minimum atomic E-state index is -3.59. The van der Waals surface area contributed by atoms with E-state index < -0.39 is 10.0 Å². The molecule has 0 unspecified atom stereocenters. The average Bonchev–Trinajstić information content (AvgIpc) is 2.67. The third-order valence-corrected chi connectivity index (χ3v) is 5.77. The van der Waals surface area contributed by atoms with E-state index in [1.54, 1.807) is 36.3 Å². The minimum absolute atomic E-state index is 0.114. The van der Waals surface area contributed by atoms with Crippen molar-refractivity contribution in [2.24, 2.45) is 0 Å². The molecule has 2 aromatic rings. The molecule has 2 rings (SSSR count). The summed E-state index contributed by atoms with van der Waals surface area (Å²) in [5.41, 5.74) is 2.03. The first kappa shape index (κ1) is 20.9. The van der Waals surface area contributed by atoms with Crippen LogP contribution in [0.5, 0.6) is 5.75 Å². The molecule has 0 heterocycles. The van der Waals surface area contributed by atoms with E-state index in [9.17, 15) is 13.2 Å². The molecule has 0 aliphatic heterocycles. The lowest BCUT2D eigenvalue weighted by Crippen LogP contribution is -2.37. The second-order valence-corrected chi connectivity index (χ2v) is 7.95. The summed E-state index contributed by atoms with van der Waals surface area (Å²) < 4.78 is 32.5. The van der Waals surface area contributed by atoms with Gasteiger partial charge in [0.1, 0.15) is 5.75 Å². The summed E-state index contributed by atoms with van der Waals surface area (Å²) in [6, 6.07) is 14.2. The van der Waals surface area contributed by atoms with Gasteiger partial charge in [-0.15, -0.1) is 0 Å². The lowest BCUT2D eigenvalue weighted by atomic mass is 10.2. The lowest BCUT2D eigenvalue weighted by Gasteiger charge is -2.21. The van der Waals surface area contributed by atoms with E-state index in [-0.39, 0.29) is 23.9 Å². The highest BCUT2D eigenvalue weighted by Gasteiger charge is 2.15. The molecule has 146 valence electrons. The van der Waals surface area contributed by atoms with Gasteiger partial charge in [-0.25, -0.2) is 13.1 Å². The highest BCUT2D eigenvalue weighted by atomic mass is 32.2. The third-order valence-electron chi connectivity index (χ3n) is 4.29. The third kappa shape index (κ3) is 6.08. The van der Waals surface area contributed by atoms with E-state index in [0.717, 1.165) is 23.3 Å². The first-order valence-corrected chi connectivity index (χ1v) is 10.3. The van der Waals surface area contributed by atoms with E-state index in [2.05, 4.69) is 4.72 Å². The lowest BCUT2D eigenvalue weighted by molar-refractivity contribution is -0.129. The molecule has 0 bridgehead atoms. The summed E-state index contributed by atoms with van der Waals surface area (Å²) >= 11 is 0. The van der Waals surface area contributed by atoms with E-state index in [1.165, 1.54) is 6.92 Å². The maximum atomic E-state index is 12.4. The van der Waals surface area contributed by atoms with Gasteiger partial charge < -0.3 is 9.64 Å². The Morgan fingerprint density at radius 1 is 1.04 bits per heavy atom. The number of amides is 1. The maximum Gasteiger partial charge on any atom is 0.240 e. The summed E-state index contributed by atoms with van der Waals surface area (Å²) in [5, 5.41) is 0. The molecule has 0 spiro atoms. The Bertz CT molecular complexity index is 847. The highest BCUT2D eigenvalue weighted by Crippen LogP contribution is 2.14. The molecule has 1 amide bonds. The molecule has 0 aromatic heterocycles. The molecule has 0 fully saturated rings. The number of carbonyl (C=O) groups is 1. The fourth-order valence-corrected chi connectivity index (χ4v) is 3.62. The van der Waals surface area contributed by atoms with Gasteiger partial charge in [0, 0.05) is 26.6 Å². The Balaban J connectivity index is 1.95. The monoisotopic (exact) mass is 390 g/mol. The molecule has 27 heavy (non-hydrogen) atoms. The van der Waals surface area contributed by atoms with Crippen LogP contribution in [0.1, 0.15) is 25.0 Å². The van der Waals surface area contributed by atoms with Crippen LogP contribution >= 0.6 is 0 Å². The molecule has 0 atom stereocenters. The fraction of sp³-hybridized carbons (Fsp3) is 0.350. The predicted molar refractivity (Wildman–Crippen MR) is 105 cm³/mol. The molecule has 0 aliphatic carbocycles. The van der Waals surface area contributed by atoms with Crippen LogP contribution in [0.2, 0.25) is 0 Å². The Morgan fingerprint density at radius 3 is 2.15 bits per heavy atom. The number of carbonyl (C=O) groups excluding carboxylic acids is 1. The van der Waals surface area contributed by atoms with Gasteiger partial charge in [0.05, 0.1) is 12.0 Å². The van der Waals surface area contributed by atoms with Crippen molar-refractivity contribution < 1.29 is 17.9 Å². The molecule has 6 nitrogen and oxygen atoms in total. The number of nitrogens with zero attached hydrogens (tertiary/aromatic N) is 1. The number of nitrogens with one attached hydrogen (secondary N) is 1. The van der Waals surface area contributed by atoms with Crippen LogP contribution in [0, 0.1) is 0 Å². The van der Waals surface area contributed by atoms with Crippen LogP contribution in [0.15, 0.2) is 53.4 Å². The quantitative estimate of drug-likeness (QED) is 0.714. The molecule has 2 aromatic carbocycles. The Kier molecular flexibility index (Phi) is 7.38. The van der Waals surface area contributed by atoms with Crippen molar-refractivity contribution in [1.82, 2.24) is 9.62 Å². The maximum absolute atomic E-state index is 12.4. The number of rotatable bonds is 9. The zero-order chi connectivity index (χ0) is 19.9. The normalized spacial score (nSPS) is 11.2. The first-order valence-electron chi connectivity index (χ1n) is 8.82. The summed E-state index contributed by atoms with van der Waals surface area (Å²) in [7, 11) is -2.00. The van der Waals surface area contributed by atoms with Crippen LogP contribution in [0.25, 0.3) is 0 Å². The molecule has 0 saturated heterocycles. The molecule has 7 heteroatoms.